The summed E-state index contributed by atoms with van der Waals surface area (Å²) in [6, 6.07) is 11.6. The van der Waals surface area contributed by atoms with Crippen LogP contribution in [-0.2, 0) is 6.54 Å². The van der Waals surface area contributed by atoms with Crippen LogP contribution in [0.2, 0.25) is 0 Å². The van der Waals surface area contributed by atoms with Crippen LogP contribution in [0.5, 0.6) is 0 Å². The summed E-state index contributed by atoms with van der Waals surface area (Å²) in [6.45, 7) is 4.47. The van der Waals surface area contributed by atoms with Crippen molar-refractivity contribution in [2.75, 3.05) is 5.32 Å². The first kappa shape index (κ1) is 14.5. The molecule has 2 aromatic rings. The minimum atomic E-state index is -0.371. The highest BCUT2D eigenvalue weighted by Crippen LogP contribution is 2.30. The van der Waals surface area contributed by atoms with Gasteiger partial charge in [-0.25, -0.2) is 0 Å². The van der Waals surface area contributed by atoms with Crippen LogP contribution in [0, 0.1) is 24.0 Å². The SMILES string of the molecule is Cc1cccc(CNc2cc(C)c([N+](=O)[O-])cc2Br)c1. The Labute approximate surface area is 126 Å². The lowest BCUT2D eigenvalue weighted by atomic mass is 10.1. The van der Waals surface area contributed by atoms with Gasteiger partial charge < -0.3 is 5.32 Å². The molecule has 0 atom stereocenters. The summed E-state index contributed by atoms with van der Waals surface area (Å²) in [6.07, 6.45) is 0. The molecule has 0 fully saturated rings. The number of halogens is 1. The van der Waals surface area contributed by atoms with Crippen LogP contribution in [0.1, 0.15) is 16.7 Å². The maximum Gasteiger partial charge on any atom is 0.273 e. The molecule has 2 aromatic carbocycles. The number of aryl methyl sites for hydroxylation is 2. The maximum absolute atomic E-state index is 10.9. The fourth-order valence-electron chi connectivity index (χ4n) is 2.02. The van der Waals surface area contributed by atoms with Crippen LogP contribution in [-0.4, -0.2) is 4.92 Å². The molecule has 4 nitrogen and oxygen atoms in total. The number of hydrogen-bond donors (Lipinski definition) is 1. The number of hydrogen-bond acceptors (Lipinski definition) is 3. The molecule has 0 saturated carbocycles. The van der Waals surface area contributed by atoms with E-state index >= 15 is 0 Å². The van der Waals surface area contributed by atoms with Gasteiger partial charge in [-0.1, -0.05) is 29.8 Å². The number of nitrogens with one attached hydrogen (secondary N) is 1. The minimum absolute atomic E-state index is 0.123. The van der Waals surface area contributed by atoms with E-state index in [0.29, 0.717) is 16.6 Å². The van der Waals surface area contributed by atoms with Crippen molar-refractivity contribution < 1.29 is 4.92 Å². The van der Waals surface area contributed by atoms with Crippen molar-refractivity contribution >= 4 is 27.3 Å². The third-order valence-electron chi connectivity index (χ3n) is 3.05. The van der Waals surface area contributed by atoms with Crippen LogP contribution < -0.4 is 5.32 Å². The van der Waals surface area contributed by atoms with Gasteiger partial charge in [-0.15, -0.1) is 0 Å². The second kappa shape index (κ2) is 6.05. The van der Waals surface area contributed by atoms with Gasteiger partial charge in [0.25, 0.3) is 5.69 Å². The Bertz CT molecular complexity index is 656. The Kier molecular flexibility index (Phi) is 4.39. The third-order valence-corrected chi connectivity index (χ3v) is 3.70. The Hall–Kier alpha value is -1.88. The third kappa shape index (κ3) is 3.36. The average molecular weight is 335 g/mol. The van der Waals surface area contributed by atoms with E-state index in [2.05, 4.69) is 40.3 Å². The van der Waals surface area contributed by atoms with Gasteiger partial charge in [0, 0.05) is 28.3 Å². The molecule has 2 rings (SSSR count). The molecule has 0 aliphatic carbocycles. The Morgan fingerprint density at radius 1 is 1.25 bits per heavy atom. The second-order valence-corrected chi connectivity index (χ2v) is 5.57. The van der Waals surface area contributed by atoms with Crippen LogP contribution in [0.4, 0.5) is 11.4 Å². The summed E-state index contributed by atoms with van der Waals surface area (Å²) >= 11 is 3.37. The predicted octanol–water partition coefficient (Wildman–Crippen LogP) is 4.59. The molecule has 0 radical (unpaired) electrons. The fraction of sp³-hybridized carbons (Fsp3) is 0.200. The lowest BCUT2D eigenvalue weighted by molar-refractivity contribution is -0.385. The Morgan fingerprint density at radius 3 is 2.65 bits per heavy atom. The average Bonchev–Trinajstić information content (AvgIpc) is 2.39. The Balaban J connectivity index is 2.18. The summed E-state index contributed by atoms with van der Waals surface area (Å²) in [5, 5.41) is 14.2. The van der Waals surface area contributed by atoms with Gasteiger partial charge in [-0.05, 0) is 41.4 Å². The topological polar surface area (TPSA) is 55.2 Å². The smallest absolute Gasteiger partial charge is 0.273 e. The van der Waals surface area contributed by atoms with Crippen LogP contribution in [0.15, 0.2) is 40.9 Å². The van der Waals surface area contributed by atoms with Crippen molar-refractivity contribution in [3.8, 4) is 0 Å². The molecule has 0 saturated heterocycles. The van der Waals surface area contributed by atoms with Gasteiger partial charge >= 0.3 is 0 Å². The molecule has 0 unspecified atom stereocenters. The van der Waals surface area contributed by atoms with Gasteiger partial charge in [0.05, 0.1) is 4.92 Å². The number of nitrogens with zero attached hydrogens (tertiary/aromatic N) is 1. The van der Waals surface area contributed by atoms with Crippen molar-refractivity contribution in [3.63, 3.8) is 0 Å². The first-order chi connectivity index (χ1) is 9.47. The summed E-state index contributed by atoms with van der Waals surface area (Å²) in [5.74, 6) is 0. The predicted molar refractivity (Wildman–Crippen MR) is 84.0 cm³/mol. The van der Waals surface area contributed by atoms with E-state index in [1.807, 2.05) is 12.1 Å². The highest BCUT2D eigenvalue weighted by molar-refractivity contribution is 9.10. The van der Waals surface area contributed by atoms with Crippen molar-refractivity contribution in [2.45, 2.75) is 20.4 Å². The van der Waals surface area contributed by atoms with E-state index in [4.69, 9.17) is 0 Å². The number of nitro benzene ring substituents is 1. The molecule has 1 N–H and O–H groups in total. The van der Waals surface area contributed by atoms with E-state index in [1.54, 1.807) is 13.0 Å². The number of nitro groups is 1. The van der Waals surface area contributed by atoms with Gasteiger partial charge in [0.15, 0.2) is 0 Å². The number of rotatable bonds is 4. The molecule has 0 heterocycles. The van der Waals surface area contributed by atoms with E-state index in [1.165, 1.54) is 17.2 Å². The monoisotopic (exact) mass is 334 g/mol. The lowest BCUT2D eigenvalue weighted by Crippen LogP contribution is -2.02. The normalized spacial score (nSPS) is 10.3. The molecule has 0 bridgehead atoms. The van der Waals surface area contributed by atoms with Crippen LogP contribution in [0.25, 0.3) is 0 Å². The van der Waals surface area contributed by atoms with E-state index in [0.717, 1.165) is 5.69 Å². The summed E-state index contributed by atoms with van der Waals surface area (Å²) in [7, 11) is 0. The zero-order valence-electron chi connectivity index (χ0n) is 11.3. The Morgan fingerprint density at radius 2 is 2.00 bits per heavy atom. The van der Waals surface area contributed by atoms with Crippen molar-refractivity contribution in [1.82, 2.24) is 0 Å². The molecule has 0 aliphatic rings. The van der Waals surface area contributed by atoms with Crippen LogP contribution in [0.3, 0.4) is 0 Å². The van der Waals surface area contributed by atoms with Gasteiger partial charge in [-0.3, -0.25) is 10.1 Å². The first-order valence-electron chi connectivity index (χ1n) is 6.21. The fourth-order valence-corrected chi connectivity index (χ4v) is 2.49. The maximum atomic E-state index is 10.9. The van der Waals surface area contributed by atoms with Crippen molar-refractivity contribution in [1.29, 1.82) is 0 Å². The molecular formula is C15H15BrN2O2. The molecular weight excluding hydrogens is 320 g/mol. The molecule has 0 aliphatic heterocycles. The van der Waals surface area contributed by atoms with E-state index in [9.17, 15) is 10.1 Å². The van der Waals surface area contributed by atoms with E-state index in [-0.39, 0.29) is 10.6 Å². The largest absolute Gasteiger partial charge is 0.380 e. The summed E-state index contributed by atoms with van der Waals surface area (Å²) < 4.78 is 0.697. The molecule has 20 heavy (non-hydrogen) atoms. The lowest BCUT2D eigenvalue weighted by Gasteiger charge is -2.10. The highest BCUT2D eigenvalue weighted by Gasteiger charge is 2.13. The molecule has 104 valence electrons. The number of anilines is 1. The summed E-state index contributed by atoms with van der Waals surface area (Å²) in [4.78, 5) is 10.5. The highest BCUT2D eigenvalue weighted by atomic mass is 79.9. The van der Waals surface area contributed by atoms with Gasteiger partial charge in [-0.2, -0.15) is 0 Å². The van der Waals surface area contributed by atoms with E-state index < -0.39 is 0 Å². The zero-order valence-corrected chi connectivity index (χ0v) is 12.9. The quantitative estimate of drug-likeness (QED) is 0.657. The zero-order chi connectivity index (χ0) is 14.7. The summed E-state index contributed by atoms with van der Waals surface area (Å²) in [5.41, 5.74) is 4.01. The molecule has 0 amide bonds. The van der Waals surface area contributed by atoms with Crippen molar-refractivity contribution in [3.05, 3.63) is 67.7 Å². The standard InChI is InChI=1S/C15H15BrN2O2/c1-10-4-3-5-12(6-10)9-17-14-7-11(2)15(18(19)20)8-13(14)16/h3-8,17H,9H2,1-2H3. The molecule has 0 aromatic heterocycles. The molecule has 0 spiro atoms. The van der Waals surface area contributed by atoms with Gasteiger partial charge in [0.1, 0.15) is 0 Å². The first-order valence-corrected chi connectivity index (χ1v) is 7.00. The second-order valence-electron chi connectivity index (χ2n) is 4.72. The van der Waals surface area contributed by atoms with Gasteiger partial charge in [0.2, 0.25) is 0 Å². The molecule has 5 heteroatoms. The van der Waals surface area contributed by atoms with Crippen LogP contribution >= 0.6 is 15.9 Å². The minimum Gasteiger partial charge on any atom is -0.380 e. The van der Waals surface area contributed by atoms with Crippen molar-refractivity contribution in [2.24, 2.45) is 0 Å². The number of benzene rings is 2.